The Bertz CT molecular complexity index is 486. The maximum absolute atomic E-state index is 12.0. The van der Waals surface area contributed by atoms with Gasteiger partial charge in [-0.15, -0.1) is 0 Å². The average Bonchev–Trinajstić information content (AvgIpc) is 3.09. The summed E-state index contributed by atoms with van der Waals surface area (Å²) in [5, 5.41) is 11.7. The van der Waals surface area contributed by atoms with Crippen LogP contribution in [0.5, 0.6) is 0 Å². The van der Waals surface area contributed by atoms with Gasteiger partial charge in [0.15, 0.2) is 0 Å². The zero-order valence-electron chi connectivity index (χ0n) is 10.0. The molecule has 0 aliphatic heterocycles. The van der Waals surface area contributed by atoms with Gasteiger partial charge in [0.05, 0.1) is 17.3 Å². The molecule has 0 spiro atoms. The highest BCUT2D eigenvalue weighted by atomic mass is 16.1. The van der Waals surface area contributed by atoms with Gasteiger partial charge in [-0.1, -0.05) is 0 Å². The molecule has 0 bridgehead atoms. The third-order valence-electron chi connectivity index (χ3n) is 2.99. The lowest BCUT2D eigenvalue weighted by Gasteiger charge is -2.11. The number of aromatic nitrogens is 1. The van der Waals surface area contributed by atoms with Gasteiger partial charge < -0.3 is 5.32 Å². The summed E-state index contributed by atoms with van der Waals surface area (Å²) < 4.78 is 0. The molecule has 0 aromatic carbocycles. The van der Waals surface area contributed by atoms with Crippen LogP contribution in [0.1, 0.15) is 34.6 Å². The summed E-state index contributed by atoms with van der Waals surface area (Å²) in [6.07, 6.45) is 2.06. The van der Waals surface area contributed by atoms with Gasteiger partial charge in [-0.3, -0.25) is 9.78 Å². The third kappa shape index (κ3) is 2.62. The summed E-state index contributed by atoms with van der Waals surface area (Å²) in [6, 6.07) is 5.35. The molecular weight excluding hydrogens is 214 g/mol. The van der Waals surface area contributed by atoms with Crippen LogP contribution in [0.15, 0.2) is 12.1 Å². The van der Waals surface area contributed by atoms with Crippen LogP contribution in [-0.2, 0) is 0 Å². The molecule has 4 heteroatoms. The van der Waals surface area contributed by atoms with Gasteiger partial charge in [-0.2, -0.15) is 5.26 Å². The molecule has 1 aromatic heterocycles. The summed E-state index contributed by atoms with van der Waals surface area (Å²) in [7, 11) is 0. The first-order valence-corrected chi connectivity index (χ1v) is 5.76. The fraction of sp³-hybridized carbons (Fsp3) is 0.462. The Morgan fingerprint density at radius 1 is 1.53 bits per heavy atom. The van der Waals surface area contributed by atoms with Crippen LogP contribution in [0.3, 0.4) is 0 Å². The SMILES string of the molecule is Cc1ccc(C(=O)NC(C#N)C2CC2)c(C)n1. The minimum atomic E-state index is -0.358. The molecule has 0 radical (unpaired) electrons. The number of rotatable bonds is 3. The first-order chi connectivity index (χ1) is 8.11. The second kappa shape index (κ2) is 4.54. The number of aryl methyl sites for hydroxylation is 2. The fourth-order valence-electron chi connectivity index (χ4n) is 1.83. The van der Waals surface area contributed by atoms with Crippen LogP contribution < -0.4 is 5.32 Å². The number of pyridine rings is 1. The molecule has 1 heterocycles. The predicted octanol–water partition coefficient (Wildman–Crippen LogP) is 1.73. The average molecular weight is 229 g/mol. The molecule has 1 N–H and O–H groups in total. The van der Waals surface area contributed by atoms with Gasteiger partial charge in [-0.05, 0) is 44.7 Å². The minimum absolute atomic E-state index is 0.201. The van der Waals surface area contributed by atoms with E-state index >= 15 is 0 Å². The number of nitrogens with one attached hydrogen (secondary N) is 1. The van der Waals surface area contributed by atoms with E-state index in [4.69, 9.17) is 5.26 Å². The Kier molecular flexibility index (Phi) is 3.10. The van der Waals surface area contributed by atoms with Crippen molar-refractivity contribution in [3.05, 3.63) is 29.1 Å². The highest BCUT2D eigenvalue weighted by molar-refractivity contribution is 5.95. The van der Waals surface area contributed by atoms with Crippen molar-refractivity contribution in [2.45, 2.75) is 32.7 Å². The Morgan fingerprint density at radius 2 is 2.24 bits per heavy atom. The molecule has 4 nitrogen and oxygen atoms in total. The molecule has 88 valence electrons. The topological polar surface area (TPSA) is 65.8 Å². The lowest BCUT2D eigenvalue weighted by atomic mass is 10.1. The normalized spacial score (nSPS) is 16.1. The standard InChI is InChI=1S/C13H15N3O/c1-8-3-6-11(9(2)15-8)13(17)16-12(7-14)10-4-5-10/h3,6,10,12H,4-5H2,1-2H3,(H,16,17). The highest BCUT2D eigenvalue weighted by Gasteiger charge is 2.32. The first kappa shape index (κ1) is 11.6. The number of nitriles is 1. The van der Waals surface area contributed by atoms with Crippen LogP contribution in [0, 0.1) is 31.1 Å². The van der Waals surface area contributed by atoms with Crippen LogP contribution in [0.4, 0.5) is 0 Å². The first-order valence-electron chi connectivity index (χ1n) is 5.76. The predicted molar refractivity (Wildman–Crippen MR) is 63.3 cm³/mol. The molecule has 1 fully saturated rings. The summed E-state index contributed by atoms with van der Waals surface area (Å²) in [6.45, 7) is 3.69. The fourth-order valence-corrected chi connectivity index (χ4v) is 1.83. The number of hydrogen-bond donors (Lipinski definition) is 1. The van der Waals surface area contributed by atoms with Gasteiger partial charge in [0, 0.05) is 5.69 Å². The number of carbonyl (C=O) groups is 1. The molecule has 1 saturated carbocycles. The van der Waals surface area contributed by atoms with Crippen molar-refractivity contribution in [2.75, 3.05) is 0 Å². The zero-order chi connectivity index (χ0) is 12.4. The van der Waals surface area contributed by atoms with E-state index in [1.807, 2.05) is 6.92 Å². The quantitative estimate of drug-likeness (QED) is 0.858. The molecule has 17 heavy (non-hydrogen) atoms. The molecule has 2 rings (SSSR count). The van der Waals surface area contributed by atoms with Gasteiger partial charge >= 0.3 is 0 Å². The van der Waals surface area contributed by atoms with E-state index in [0.717, 1.165) is 18.5 Å². The third-order valence-corrected chi connectivity index (χ3v) is 2.99. The van der Waals surface area contributed by atoms with Gasteiger partial charge in [0.25, 0.3) is 5.91 Å². The van der Waals surface area contributed by atoms with E-state index in [1.165, 1.54) is 0 Å². The van der Waals surface area contributed by atoms with Crippen molar-refractivity contribution in [3.63, 3.8) is 0 Å². The number of carbonyl (C=O) groups excluding carboxylic acids is 1. The number of amides is 1. The van der Waals surface area contributed by atoms with Gasteiger partial charge in [-0.25, -0.2) is 0 Å². The highest BCUT2D eigenvalue weighted by Crippen LogP contribution is 2.32. The van der Waals surface area contributed by atoms with E-state index in [9.17, 15) is 4.79 Å². The molecule has 1 amide bonds. The molecule has 0 saturated heterocycles. The van der Waals surface area contributed by atoms with Crippen LogP contribution >= 0.6 is 0 Å². The van der Waals surface area contributed by atoms with E-state index in [1.54, 1.807) is 19.1 Å². The molecule has 1 aliphatic rings. The van der Waals surface area contributed by atoms with E-state index in [0.29, 0.717) is 17.2 Å². The van der Waals surface area contributed by atoms with E-state index in [2.05, 4.69) is 16.4 Å². The monoisotopic (exact) mass is 229 g/mol. The Labute approximate surface area is 101 Å². The van der Waals surface area contributed by atoms with Crippen molar-refractivity contribution in [1.29, 1.82) is 5.26 Å². The molecule has 1 aliphatic carbocycles. The van der Waals surface area contributed by atoms with Crippen LogP contribution in [0.25, 0.3) is 0 Å². The summed E-state index contributed by atoms with van der Waals surface area (Å²) in [4.78, 5) is 16.2. The lowest BCUT2D eigenvalue weighted by molar-refractivity contribution is 0.0941. The smallest absolute Gasteiger partial charge is 0.254 e. The molecule has 1 atom stereocenters. The maximum atomic E-state index is 12.0. The zero-order valence-corrected chi connectivity index (χ0v) is 10.0. The van der Waals surface area contributed by atoms with Crippen LogP contribution in [0.2, 0.25) is 0 Å². The van der Waals surface area contributed by atoms with Crippen LogP contribution in [-0.4, -0.2) is 16.9 Å². The van der Waals surface area contributed by atoms with Crippen molar-refractivity contribution in [2.24, 2.45) is 5.92 Å². The molecular formula is C13H15N3O. The summed E-state index contributed by atoms with van der Waals surface area (Å²) >= 11 is 0. The largest absolute Gasteiger partial charge is 0.336 e. The number of hydrogen-bond acceptors (Lipinski definition) is 3. The Morgan fingerprint density at radius 3 is 2.76 bits per heavy atom. The van der Waals surface area contributed by atoms with Crippen molar-refractivity contribution in [1.82, 2.24) is 10.3 Å². The van der Waals surface area contributed by atoms with Crippen molar-refractivity contribution < 1.29 is 4.79 Å². The van der Waals surface area contributed by atoms with Gasteiger partial charge in [0.1, 0.15) is 6.04 Å². The summed E-state index contributed by atoms with van der Waals surface area (Å²) in [5.41, 5.74) is 2.14. The second-order valence-electron chi connectivity index (χ2n) is 4.50. The lowest BCUT2D eigenvalue weighted by Crippen LogP contribution is -2.35. The minimum Gasteiger partial charge on any atom is -0.336 e. The number of nitrogens with zero attached hydrogens (tertiary/aromatic N) is 2. The van der Waals surface area contributed by atoms with Crippen molar-refractivity contribution >= 4 is 5.91 Å². The molecule has 1 unspecified atom stereocenters. The van der Waals surface area contributed by atoms with Crippen molar-refractivity contribution in [3.8, 4) is 6.07 Å². The Balaban J connectivity index is 2.11. The Hall–Kier alpha value is -1.89. The van der Waals surface area contributed by atoms with Gasteiger partial charge in [0.2, 0.25) is 0 Å². The summed E-state index contributed by atoms with van der Waals surface area (Å²) in [5.74, 6) is 0.135. The molecule has 1 aromatic rings. The van der Waals surface area contributed by atoms with E-state index < -0.39 is 0 Å². The maximum Gasteiger partial charge on any atom is 0.254 e. The second-order valence-corrected chi connectivity index (χ2v) is 4.50. The van der Waals surface area contributed by atoms with E-state index in [-0.39, 0.29) is 11.9 Å².